The molecule has 0 amide bonds. The molecule has 4 rings (SSSR count). The highest BCUT2D eigenvalue weighted by Gasteiger charge is 2.40. The number of hydrogen-bond donors (Lipinski definition) is 1. The quantitative estimate of drug-likeness (QED) is 0.289. The molecule has 3 aromatic carbocycles. The van der Waals surface area contributed by atoms with Gasteiger partial charge in [0.15, 0.2) is 0 Å². The van der Waals surface area contributed by atoms with Gasteiger partial charge in [-0.15, -0.1) is 0 Å². The van der Waals surface area contributed by atoms with Gasteiger partial charge in [-0.3, -0.25) is 0 Å². The fraction of sp³-hybridized carbons (Fsp3) is 0.355. The highest BCUT2D eigenvalue weighted by Crippen LogP contribution is 2.49. The van der Waals surface area contributed by atoms with Gasteiger partial charge in [0.2, 0.25) is 0 Å². The first-order chi connectivity index (χ1) is 16.7. The Morgan fingerprint density at radius 2 is 1.51 bits per heavy atom. The number of aromatic carboxylic acids is 1. The van der Waals surface area contributed by atoms with Crippen molar-refractivity contribution in [3.63, 3.8) is 0 Å². The topological polar surface area (TPSA) is 63.6 Å². The summed E-state index contributed by atoms with van der Waals surface area (Å²) in [7, 11) is 0. The molecule has 1 fully saturated rings. The van der Waals surface area contributed by atoms with Crippen molar-refractivity contribution in [2.75, 3.05) is 0 Å². The molecule has 0 radical (unpaired) electrons. The molecular formula is C31H34O4. The Labute approximate surface area is 208 Å². The van der Waals surface area contributed by atoms with Crippen LogP contribution in [-0.2, 0) is 10.8 Å². The zero-order chi connectivity index (χ0) is 25.2. The van der Waals surface area contributed by atoms with Crippen LogP contribution >= 0.6 is 0 Å². The van der Waals surface area contributed by atoms with E-state index in [1.165, 1.54) is 35.2 Å². The van der Waals surface area contributed by atoms with Crippen LogP contribution in [0.25, 0.3) is 0 Å². The zero-order valence-corrected chi connectivity index (χ0v) is 21.0. The first-order valence-corrected chi connectivity index (χ1v) is 12.4. The fourth-order valence-corrected chi connectivity index (χ4v) is 5.28. The third kappa shape index (κ3) is 4.88. The number of ether oxygens (including phenoxy) is 1. The van der Waals surface area contributed by atoms with E-state index in [-0.39, 0.29) is 22.0 Å². The van der Waals surface area contributed by atoms with Gasteiger partial charge in [-0.2, -0.15) is 0 Å². The van der Waals surface area contributed by atoms with Gasteiger partial charge in [0.05, 0.1) is 11.1 Å². The van der Waals surface area contributed by atoms with E-state index in [4.69, 9.17) is 4.74 Å². The number of hydrogen-bond acceptors (Lipinski definition) is 3. The first kappa shape index (κ1) is 24.7. The van der Waals surface area contributed by atoms with Gasteiger partial charge < -0.3 is 9.84 Å². The molecular weight excluding hydrogens is 436 g/mol. The normalized spacial score (nSPS) is 19.9. The molecule has 0 saturated heterocycles. The summed E-state index contributed by atoms with van der Waals surface area (Å²) >= 11 is 0. The van der Waals surface area contributed by atoms with Gasteiger partial charge in [0, 0.05) is 5.41 Å². The molecule has 1 N–H and O–H groups in total. The maximum atomic E-state index is 12.7. The summed E-state index contributed by atoms with van der Waals surface area (Å²) in [5.74, 6) is -0.792. The van der Waals surface area contributed by atoms with Gasteiger partial charge in [-0.25, -0.2) is 9.59 Å². The molecule has 182 valence electrons. The number of carboxylic acid groups (broad SMARTS) is 1. The van der Waals surface area contributed by atoms with Crippen molar-refractivity contribution in [1.29, 1.82) is 0 Å². The molecule has 1 aliphatic carbocycles. The Morgan fingerprint density at radius 3 is 2.03 bits per heavy atom. The van der Waals surface area contributed by atoms with Crippen LogP contribution in [0.2, 0.25) is 0 Å². The number of rotatable bonds is 7. The van der Waals surface area contributed by atoms with Crippen LogP contribution < -0.4 is 4.74 Å². The molecule has 0 spiro atoms. The number of benzene rings is 3. The minimum atomic E-state index is -1.15. The number of carbonyl (C=O) groups excluding carboxylic acids is 1. The molecule has 3 aromatic rings. The van der Waals surface area contributed by atoms with Crippen LogP contribution in [0, 0.1) is 5.92 Å². The first-order valence-electron chi connectivity index (χ1n) is 12.4. The van der Waals surface area contributed by atoms with Crippen molar-refractivity contribution in [3.8, 4) is 5.75 Å². The minimum Gasteiger partial charge on any atom is -0.478 e. The van der Waals surface area contributed by atoms with E-state index in [9.17, 15) is 14.7 Å². The molecule has 0 bridgehead atoms. The van der Waals surface area contributed by atoms with Crippen molar-refractivity contribution in [3.05, 3.63) is 101 Å². The highest BCUT2D eigenvalue weighted by molar-refractivity contribution is 6.03. The smallest absolute Gasteiger partial charge is 0.344 e. The van der Waals surface area contributed by atoms with Crippen molar-refractivity contribution in [1.82, 2.24) is 0 Å². The summed E-state index contributed by atoms with van der Waals surface area (Å²) in [5.41, 5.74) is 3.97. The van der Waals surface area contributed by atoms with Crippen LogP contribution in [0.1, 0.15) is 90.8 Å². The van der Waals surface area contributed by atoms with Gasteiger partial charge in [-0.1, -0.05) is 76.2 Å². The highest BCUT2D eigenvalue weighted by atomic mass is 16.5. The third-order valence-electron chi connectivity index (χ3n) is 7.86. The summed E-state index contributed by atoms with van der Waals surface area (Å²) in [5, 5.41) is 9.36. The lowest BCUT2D eigenvalue weighted by Gasteiger charge is -2.32. The summed E-state index contributed by atoms with van der Waals surface area (Å²) in [6, 6.07) is 23.0. The molecule has 0 aliphatic heterocycles. The lowest BCUT2D eigenvalue weighted by atomic mass is 9.71. The van der Waals surface area contributed by atoms with E-state index in [0.29, 0.717) is 11.7 Å². The second-order valence-electron chi connectivity index (χ2n) is 10.5. The molecule has 4 nitrogen and oxygen atoms in total. The average molecular weight is 471 g/mol. The molecule has 0 heterocycles. The Hall–Kier alpha value is -3.40. The molecule has 0 aromatic heterocycles. The maximum absolute atomic E-state index is 12.7. The van der Waals surface area contributed by atoms with Crippen molar-refractivity contribution >= 4 is 11.9 Å². The standard InChI is InChI=1S/C31H34O4/c1-5-30(3,4)22-10-12-23(13-11-22)31(19-18-21(2)20-31)24-14-16-25(17-15-24)35-29(34)27-9-7-6-8-26(27)28(32)33/h6-17,21H,5,18-20H2,1-4H3,(H,32,33). The van der Waals surface area contributed by atoms with Crippen LogP contribution in [0.15, 0.2) is 72.8 Å². The minimum absolute atomic E-state index is 0.0419. The Balaban J connectivity index is 1.61. The van der Waals surface area contributed by atoms with E-state index in [1.807, 2.05) is 24.3 Å². The van der Waals surface area contributed by atoms with Gasteiger partial charge in [0.25, 0.3) is 0 Å². The van der Waals surface area contributed by atoms with Crippen LogP contribution in [-0.4, -0.2) is 17.0 Å². The predicted molar refractivity (Wildman–Crippen MR) is 138 cm³/mol. The fourth-order valence-electron chi connectivity index (χ4n) is 5.28. The SMILES string of the molecule is CCC(C)(C)c1ccc(C2(c3ccc(OC(=O)c4ccccc4C(=O)O)cc3)CCC(C)C2)cc1. The summed E-state index contributed by atoms with van der Waals surface area (Å²) in [6.45, 7) is 9.10. The van der Waals surface area contributed by atoms with Crippen molar-refractivity contribution < 1.29 is 19.4 Å². The Bertz CT molecular complexity index is 1210. The van der Waals surface area contributed by atoms with Gasteiger partial charge >= 0.3 is 11.9 Å². The molecule has 4 heteroatoms. The zero-order valence-electron chi connectivity index (χ0n) is 21.0. The van der Waals surface area contributed by atoms with Gasteiger partial charge in [-0.05, 0) is 78.0 Å². The van der Waals surface area contributed by atoms with Crippen molar-refractivity contribution in [2.24, 2.45) is 5.92 Å². The van der Waals surface area contributed by atoms with Crippen LogP contribution in [0.4, 0.5) is 0 Å². The van der Waals surface area contributed by atoms with E-state index < -0.39 is 11.9 Å². The third-order valence-corrected chi connectivity index (χ3v) is 7.86. The lowest BCUT2D eigenvalue weighted by Crippen LogP contribution is -2.25. The second kappa shape index (κ2) is 9.69. The molecule has 1 aliphatic rings. The number of carboxylic acids is 1. The number of esters is 1. The van der Waals surface area contributed by atoms with E-state index in [2.05, 4.69) is 52.0 Å². The molecule has 35 heavy (non-hydrogen) atoms. The summed E-state index contributed by atoms with van der Waals surface area (Å²) in [6.07, 6.45) is 4.42. The van der Waals surface area contributed by atoms with Crippen molar-refractivity contribution in [2.45, 2.75) is 64.2 Å². The Morgan fingerprint density at radius 1 is 0.943 bits per heavy atom. The monoisotopic (exact) mass is 470 g/mol. The average Bonchev–Trinajstić information content (AvgIpc) is 3.27. The van der Waals surface area contributed by atoms with E-state index in [1.54, 1.807) is 12.1 Å². The predicted octanol–water partition coefficient (Wildman–Crippen LogP) is 7.40. The molecule has 2 atom stereocenters. The van der Waals surface area contributed by atoms with Crippen LogP contribution in [0.5, 0.6) is 5.75 Å². The van der Waals surface area contributed by atoms with Gasteiger partial charge in [0.1, 0.15) is 5.75 Å². The number of carbonyl (C=O) groups is 2. The molecule has 2 unspecified atom stereocenters. The van der Waals surface area contributed by atoms with Crippen LogP contribution in [0.3, 0.4) is 0 Å². The largest absolute Gasteiger partial charge is 0.478 e. The van der Waals surface area contributed by atoms with E-state index in [0.717, 1.165) is 19.3 Å². The summed E-state index contributed by atoms with van der Waals surface area (Å²) < 4.78 is 5.53. The Kier molecular flexibility index (Phi) is 6.84. The summed E-state index contributed by atoms with van der Waals surface area (Å²) in [4.78, 5) is 24.1. The van der Waals surface area contributed by atoms with E-state index >= 15 is 0 Å². The second-order valence-corrected chi connectivity index (χ2v) is 10.5. The lowest BCUT2D eigenvalue weighted by molar-refractivity contribution is 0.0668. The maximum Gasteiger partial charge on any atom is 0.344 e. The molecule has 1 saturated carbocycles.